The summed E-state index contributed by atoms with van der Waals surface area (Å²) in [5, 5.41) is 7.21. The van der Waals surface area contributed by atoms with Crippen LogP contribution in [0.15, 0.2) is 73.1 Å². The van der Waals surface area contributed by atoms with Crippen molar-refractivity contribution in [3.05, 3.63) is 84.2 Å². The Morgan fingerprint density at radius 3 is 2.34 bits per heavy atom. The quantitative estimate of drug-likeness (QED) is 0.731. The summed E-state index contributed by atoms with van der Waals surface area (Å²) >= 11 is 0. The van der Waals surface area contributed by atoms with Gasteiger partial charge in [0.25, 0.3) is 5.91 Å². The molecule has 1 aliphatic heterocycles. The molecule has 0 saturated carbocycles. The Morgan fingerprint density at radius 2 is 1.69 bits per heavy atom. The third kappa shape index (κ3) is 4.54. The van der Waals surface area contributed by atoms with Gasteiger partial charge in [0, 0.05) is 43.5 Å². The lowest BCUT2D eigenvalue weighted by molar-refractivity contribution is -0.126. The van der Waals surface area contributed by atoms with E-state index in [4.69, 9.17) is 0 Å². The van der Waals surface area contributed by atoms with Gasteiger partial charge in [-0.05, 0) is 48.7 Å². The fourth-order valence-electron chi connectivity index (χ4n) is 3.64. The van der Waals surface area contributed by atoms with Crippen LogP contribution in [0.4, 0.5) is 0 Å². The van der Waals surface area contributed by atoms with Gasteiger partial charge in [0.15, 0.2) is 0 Å². The molecule has 148 valence electrons. The van der Waals surface area contributed by atoms with Crippen LogP contribution < -0.4 is 5.32 Å². The third-order valence-corrected chi connectivity index (χ3v) is 5.35. The molecule has 1 N–H and O–H groups in total. The van der Waals surface area contributed by atoms with Crippen molar-refractivity contribution >= 4 is 11.8 Å². The fourth-order valence-corrected chi connectivity index (χ4v) is 3.64. The van der Waals surface area contributed by atoms with Crippen molar-refractivity contribution < 1.29 is 9.59 Å². The molecule has 2 aromatic carbocycles. The topological polar surface area (TPSA) is 67.2 Å². The number of rotatable bonds is 5. The minimum atomic E-state index is -0.0371. The van der Waals surface area contributed by atoms with Crippen molar-refractivity contribution in [3.63, 3.8) is 0 Å². The maximum absolute atomic E-state index is 12.8. The first-order valence-corrected chi connectivity index (χ1v) is 9.92. The van der Waals surface area contributed by atoms with Gasteiger partial charge < -0.3 is 10.2 Å². The molecule has 2 heterocycles. The van der Waals surface area contributed by atoms with E-state index in [0.29, 0.717) is 38.0 Å². The van der Waals surface area contributed by atoms with Crippen molar-refractivity contribution in [2.75, 3.05) is 13.1 Å². The monoisotopic (exact) mass is 388 g/mol. The van der Waals surface area contributed by atoms with Gasteiger partial charge in [-0.15, -0.1) is 0 Å². The van der Waals surface area contributed by atoms with Crippen LogP contribution in [-0.4, -0.2) is 39.6 Å². The first-order valence-electron chi connectivity index (χ1n) is 9.92. The maximum Gasteiger partial charge on any atom is 0.253 e. The number of hydrogen-bond donors (Lipinski definition) is 1. The van der Waals surface area contributed by atoms with Gasteiger partial charge in [0.05, 0.1) is 5.69 Å². The lowest BCUT2D eigenvalue weighted by Gasteiger charge is -2.31. The van der Waals surface area contributed by atoms with Gasteiger partial charge >= 0.3 is 0 Å². The van der Waals surface area contributed by atoms with Crippen molar-refractivity contribution in [3.8, 4) is 5.69 Å². The molecule has 2 amide bonds. The molecule has 3 aromatic rings. The summed E-state index contributed by atoms with van der Waals surface area (Å²) in [6, 6.07) is 19.2. The zero-order valence-corrected chi connectivity index (χ0v) is 16.2. The highest BCUT2D eigenvalue weighted by Crippen LogP contribution is 2.20. The first kappa shape index (κ1) is 18.9. The van der Waals surface area contributed by atoms with Gasteiger partial charge in [0.1, 0.15) is 0 Å². The molecule has 0 aliphatic carbocycles. The zero-order chi connectivity index (χ0) is 20.1. The molecule has 1 aromatic heterocycles. The number of benzene rings is 2. The number of piperidine rings is 1. The standard InChI is InChI=1S/C23H24N4O2/c28-22(24-17-18-5-2-1-3-6-18)19-11-15-26(16-12-19)23(29)20-7-9-21(10-8-20)27-14-4-13-25-27/h1-10,13-14,19H,11-12,15-17H2,(H,24,28). The Balaban J connectivity index is 1.28. The molecule has 29 heavy (non-hydrogen) atoms. The minimum absolute atomic E-state index is 0.0140. The van der Waals surface area contributed by atoms with E-state index >= 15 is 0 Å². The Kier molecular flexibility index (Phi) is 5.70. The van der Waals surface area contributed by atoms with E-state index in [1.165, 1.54) is 0 Å². The number of hydrogen-bond acceptors (Lipinski definition) is 3. The molecule has 0 bridgehead atoms. The van der Waals surface area contributed by atoms with Crippen molar-refractivity contribution in [2.45, 2.75) is 19.4 Å². The predicted molar refractivity (Wildman–Crippen MR) is 110 cm³/mol. The zero-order valence-electron chi connectivity index (χ0n) is 16.2. The van der Waals surface area contributed by atoms with Gasteiger partial charge in [0.2, 0.25) is 5.91 Å². The molecule has 0 atom stereocenters. The molecule has 1 aliphatic rings. The third-order valence-electron chi connectivity index (χ3n) is 5.35. The smallest absolute Gasteiger partial charge is 0.253 e. The second-order valence-electron chi connectivity index (χ2n) is 7.27. The van der Waals surface area contributed by atoms with E-state index < -0.39 is 0 Å². The summed E-state index contributed by atoms with van der Waals surface area (Å²) in [6.45, 7) is 1.74. The van der Waals surface area contributed by atoms with E-state index in [1.54, 1.807) is 10.9 Å². The molecule has 6 nitrogen and oxygen atoms in total. The summed E-state index contributed by atoms with van der Waals surface area (Å²) in [6.07, 6.45) is 4.97. The minimum Gasteiger partial charge on any atom is -0.352 e. The molecule has 0 radical (unpaired) electrons. The number of nitrogens with one attached hydrogen (secondary N) is 1. The molecule has 6 heteroatoms. The Labute approximate surface area is 170 Å². The molecule has 1 saturated heterocycles. The molecular formula is C23H24N4O2. The van der Waals surface area contributed by atoms with Crippen molar-refractivity contribution in [1.29, 1.82) is 0 Å². The Bertz CT molecular complexity index is 944. The average Bonchev–Trinajstić information content (AvgIpc) is 3.33. The molecule has 0 spiro atoms. The lowest BCUT2D eigenvalue weighted by atomic mass is 9.95. The second-order valence-corrected chi connectivity index (χ2v) is 7.27. The van der Waals surface area contributed by atoms with Crippen LogP contribution in [0.2, 0.25) is 0 Å². The SMILES string of the molecule is O=C(NCc1ccccc1)C1CCN(C(=O)c2ccc(-n3cccn3)cc2)CC1. The van der Waals surface area contributed by atoms with Crippen LogP contribution in [0.25, 0.3) is 5.69 Å². The van der Waals surface area contributed by atoms with E-state index in [9.17, 15) is 9.59 Å². The highest BCUT2D eigenvalue weighted by atomic mass is 16.2. The van der Waals surface area contributed by atoms with E-state index in [2.05, 4.69) is 10.4 Å². The lowest BCUT2D eigenvalue weighted by Crippen LogP contribution is -2.42. The first-order chi connectivity index (χ1) is 14.2. The van der Waals surface area contributed by atoms with Crippen molar-refractivity contribution in [1.82, 2.24) is 20.0 Å². The maximum atomic E-state index is 12.8. The summed E-state index contributed by atoms with van der Waals surface area (Å²) in [5.41, 5.74) is 2.67. The second kappa shape index (κ2) is 8.73. The van der Waals surface area contributed by atoms with Crippen LogP contribution in [-0.2, 0) is 11.3 Å². The number of amides is 2. The van der Waals surface area contributed by atoms with Gasteiger partial charge in [-0.2, -0.15) is 5.10 Å². The number of carbonyl (C=O) groups excluding carboxylic acids is 2. The summed E-state index contributed by atoms with van der Waals surface area (Å²) in [4.78, 5) is 27.1. The summed E-state index contributed by atoms with van der Waals surface area (Å²) in [7, 11) is 0. The van der Waals surface area contributed by atoms with E-state index in [-0.39, 0.29) is 17.7 Å². The van der Waals surface area contributed by atoms with Crippen LogP contribution in [0, 0.1) is 5.92 Å². The number of carbonyl (C=O) groups is 2. The van der Waals surface area contributed by atoms with Crippen LogP contribution in [0.3, 0.4) is 0 Å². The Hall–Kier alpha value is -3.41. The highest BCUT2D eigenvalue weighted by Gasteiger charge is 2.27. The molecule has 4 rings (SSSR count). The van der Waals surface area contributed by atoms with Crippen LogP contribution in [0.1, 0.15) is 28.8 Å². The average molecular weight is 388 g/mol. The molecule has 1 fully saturated rings. The van der Waals surface area contributed by atoms with E-state index in [1.807, 2.05) is 71.8 Å². The van der Waals surface area contributed by atoms with Gasteiger partial charge in [-0.3, -0.25) is 9.59 Å². The van der Waals surface area contributed by atoms with Crippen molar-refractivity contribution in [2.24, 2.45) is 5.92 Å². The Morgan fingerprint density at radius 1 is 0.966 bits per heavy atom. The number of nitrogens with zero attached hydrogens (tertiary/aromatic N) is 3. The van der Waals surface area contributed by atoms with Gasteiger partial charge in [-0.1, -0.05) is 30.3 Å². The predicted octanol–water partition coefficient (Wildman–Crippen LogP) is 3.04. The largest absolute Gasteiger partial charge is 0.352 e. The number of aromatic nitrogens is 2. The normalized spacial score (nSPS) is 14.6. The van der Waals surface area contributed by atoms with E-state index in [0.717, 1.165) is 11.3 Å². The highest BCUT2D eigenvalue weighted by molar-refractivity contribution is 5.94. The summed E-state index contributed by atoms with van der Waals surface area (Å²) < 4.78 is 1.76. The van der Waals surface area contributed by atoms with Gasteiger partial charge in [-0.25, -0.2) is 4.68 Å². The fraction of sp³-hybridized carbons (Fsp3) is 0.261. The molecular weight excluding hydrogens is 364 g/mol. The van der Waals surface area contributed by atoms with Crippen LogP contribution >= 0.6 is 0 Å². The molecule has 0 unspecified atom stereocenters. The number of likely N-dealkylation sites (tertiary alicyclic amines) is 1. The summed E-state index contributed by atoms with van der Waals surface area (Å²) in [5.74, 6) is 0.0506. The van der Waals surface area contributed by atoms with Crippen LogP contribution in [0.5, 0.6) is 0 Å².